The fraction of sp³-hybridized carbons (Fsp3) is 0.263. The Morgan fingerprint density at radius 2 is 2.03 bits per heavy atom. The highest BCUT2D eigenvalue weighted by atomic mass is 35.5. The third-order valence-corrected chi connectivity index (χ3v) is 5.38. The largest absolute Gasteiger partial charge is 0.467 e. The Hall–Kier alpha value is -2.78. The van der Waals surface area contributed by atoms with E-state index >= 15 is 0 Å². The Balaban J connectivity index is 1.62. The van der Waals surface area contributed by atoms with Gasteiger partial charge in [-0.25, -0.2) is 0 Å². The van der Waals surface area contributed by atoms with E-state index in [2.05, 4.69) is 15.5 Å². The first-order chi connectivity index (χ1) is 14.0. The molecule has 0 spiro atoms. The first-order valence-corrected chi connectivity index (χ1v) is 10.2. The van der Waals surface area contributed by atoms with E-state index in [1.807, 2.05) is 28.8 Å². The molecule has 152 valence electrons. The van der Waals surface area contributed by atoms with Crippen LogP contribution >= 0.6 is 23.4 Å². The van der Waals surface area contributed by atoms with Gasteiger partial charge in [-0.05, 0) is 23.8 Å². The summed E-state index contributed by atoms with van der Waals surface area (Å²) >= 11 is 7.36. The minimum atomic E-state index is -0.411. The van der Waals surface area contributed by atoms with Crippen LogP contribution in [0.2, 0.25) is 5.02 Å². The van der Waals surface area contributed by atoms with E-state index in [0.29, 0.717) is 35.5 Å². The minimum Gasteiger partial charge on any atom is -0.467 e. The van der Waals surface area contributed by atoms with Gasteiger partial charge in [-0.1, -0.05) is 41.6 Å². The zero-order chi connectivity index (χ0) is 20.6. The first kappa shape index (κ1) is 20.9. The lowest BCUT2D eigenvalue weighted by Crippen LogP contribution is -2.25. The lowest BCUT2D eigenvalue weighted by molar-refractivity contribution is -0.119. The third-order valence-electron chi connectivity index (χ3n) is 4.05. The van der Waals surface area contributed by atoms with Gasteiger partial charge in [0.1, 0.15) is 11.6 Å². The number of carbonyl (C=O) groups is 2. The number of aromatic nitrogens is 3. The number of hydrogen-bond donors (Lipinski definition) is 2. The molecule has 0 saturated heterocycles. The van der Waals surface area contributed by atoms with Crippen LogP contribution in [0, 0.1) is 0 Å². The van der Waals surface area contributed by atoms with Gasteiger partial charge in [-0.15, -0.1) is 10.2 Å². The van der Waals surface area contributed by atoms with Gasteiger partial charge in [-0.3, -0.25) is 14.2 Å². The zero-order valence-electron chi connectivity index (χ0n) is 15.5. The molecule has 29 heavy (non-hydrogen) atoms. The van der Waals surface area contributed by atoms with Crippen molar-refractivity contribution < 1.29 is 14.0 Å². The maximum atomic E-state index is 12.2. The van der Waals surface area contributed by atoms with Gasteiger partial charge in [0.15, 0.2) is 5.16 Å². The maximum absolute atomic E-state index is 12.2. The second-order valence-electron chi connectivity index (χ2n) is 6.19. The van der Waals surface area contributed by atoms with Crippen molar-refractivity contribution in [1.82, 2.24) is 20.1 Å². The number of primary amides is 1. The number of carbonyl (C=O) groups excluding carboxylic acids is 2. The van der Waals surface area contributed by atoms with Crippen LogP contribution in [-0.4, -0.2) is 32.3 Å². The minimum absolute atomic E-state index is 0.152. The zero-order valence-corrected chi connectivity index (χ0v) is 17.1. The molecule has 0 aliphatic rings. The maximum Gasteiger partial charge on any atom is 0.230 e. The summed E-state index contributed by atoms with van der Waals surface area (Å²) in [6.07, 6.45) is 2.11. The molecule has 0 bridgehead atoms. The van der Waals surface area contributed by atoms with E-state index in [4.69, 9.17) is 21.8 Å². The molecule has 2 heterocycles. The predicted molar refractivity (Wildman–Crippen MR) is 109 cm³/mol. The Morgan fingerprint density at radius 1 is 1.21 bits per heavy atom. The highest BCUT2D eigenvalue weighted by Gasteiger charge is 2.16. The number of nitrogens with zero attached hydrogens (tertiary/aromatic N) is 3. The molecular weight excluding hydrogens is 414 g/mol. The quantitative estimate of drug-likeness (QED) is 0.474. The Kier molecular flexibility index (Phi) is 7.31. The SMILES string of the molecule is NC(=O)CCc1nnc(SCC(=O)NCc2ccccc2Cl)n1Cc1ccco1. The molecule has 0 unspecified atom stereocenters. The number of aryl methyl sites for hydroxylation is 1. The van der Waals surface area contributed by atoms with Crippen LogP contribution in [-0.2, 0) is 29.1 Å². The third kappa shape index (κ3) is 6.10. The molecule has 3 N–H and O–H groups in total. The number of halogens is 1. The van der Waals surface area contributed by atoms with Gasteiger partial charge >= 0.3 is 0 Å². The number of thioether (sulfide) groups is 1. The van der Waals surface area contributed by atoms with Gasteiger partial charge < -0.3 is 15.5 Å². The topological polar surface area (TPSA) is 116 Å². The van der Waals surface area contributed by atoms with Crippen LogP contribution in [0.4, 0.5) is 0 Å². The number of benzene rings is 1. The van der Waals surface area contributed by atoms with E-state index < -0.39 is 5.91 Å². The average molecular weight is 434 g/mol. The molecule has 0 atom stereocenters. The fourth-order valence-corrected chi connectivity index (χ4v) is 3.57. The van der Waals surface area contributed by atoms with Crippen LogP contribution in [0.15, 0.2) is 52.2 Å². The molecule has 10 heteroatoms. The number of rotatable bonds is 10. The van der Waals surface area contributed by atoms with Crippen LogP contribution in [0.1, 0.15) is 23.6 Å². The molecule has 0 radical (unpaired) electrons. The Labute approximate surface area is 176 Å². The van der Waals surface area contributed by atoms with Gasteiger partial charge in [0.25, 0.3) is 0 Å². The molecule has 8 nitrogen and oxygen atoms in total. The van der Waals surface area contributed by atoms with Crippen molar-refractivity contribution in [2.75, 3.05) is 5.75 Å². The van der Waals surface area contributed by atoms with E-state index in [1.54, 1.807) is 18.4 Å². The summed E-state index contributed by atoms with van der Waals surface area (Å²) in [5, 5.41) is 12.3. The smallest absolute Gasteiger partial charge is 0.230 e. The molecule has 2 amide bonds. The van der Waals surface area contributed by atoms with Crippen LogP contribution in [0.25, 0.3) is 0 Å². The van der Waals surface area contributed by atoms with Crippen LogP contribution in [0.3, 0.4) is 0 Å². The lowest BCUT2D eigenvalue weighted by Gasteiger charge is -2.09. The first-order valence-electron chi connectivity index (χ1n) is 8.88. The Morgan fingerprint density at radius 3 is 2.76 bits per heavy atom. The molecular formula is C19H20ClN5O3S. The van der Waals surface area contributed by atoms with Crippen molar-refractivity contribution in [3.63, 3.8) is 0 Å². The molecule has 0 fully saturated rings. The number of nitrogens with one attached hydrogen (secondary N) is 1. The van der Waals surface area contributed by atoms with Gasteiger partial charge in [0.05, 0.1) is 18.6 Å². The fourth-order valence-electron chi connectivity index (χ4n) is 2.58. The normalized spacial score (nSPS) is 10.8. The molecule has 0 aliphatic heterocycles. The molecule has 2 aromatic heterocycles. The van der Waals surface area contributed by atoms with Crippen LogP contribution < -0.4 is 11.1 Å². The second-order valence-corrected chi connectivity index (χ2v) is 7.54. The number of hydrogen-bond acceptors (Lipinski definition) is 6. The van der Waals surface area contributed by atoms with Crippen molar-refractivity contribution in [1.29, 1.82) is 0 Å². The highest BCUT2D eigenvalue weighted by Crippen LogP contribution is 2.20. The number of nitrogens with two attached hydrogens (primary N) is 1. The van der Waals surface area contributed by atoms with Crippen molar-refractivity contribution >= 4 is 35.2 Å². The molecule has 0 aliphatic carbocycles. The van der Waals surface area contributed by atoms with Gasteiger partial charge in [0.2, 0.25) is 11.8 Å². The standard InChI is InChI=1S/C19H20ClN5O3S/c20-15-6-2-1-4-13(15)10-22-18(27)12-29-19-24-23-17(8-7-16(21)26)25(19)11-14-5-3-9-28-14/h1-6,9H,7-8,10-12H2,(H2,21,26)(H,22,27). The van der Waals surface area contributed by atoms with Gasteiger partial charge in [-0.2, -0.15) is 0 Å². The molecule has 1 aromatic carbocycles. The molecule has 3 aromatic rings. The van der Waals surface area contributed by atoms with Crippen molar-refractivity contribution in [2.24, 2.45) is 5.73 Å². The van der Waals surface area contributed by atoms with Crippen molar-refractivity contribution in [3.8, 4) is 0 Å². The second kappa shape index (κ2) is 10.1. The van der Waals surface area contributed by atoms with E-state index in [1.165, 1.54) is 11.8 Å². The summed E-state index contributed by atoms with van der Waals surface area (Å²) in [5.41, 5.74) is 6.09. The van der Waals surface area contributed by atoms with E-state index in [0.717, 1.165) is 11.3 Å². The molecule has 3 rings (SSSR count). The summed E-state index contributed by atoms with van der Waals surface area (Å²) in [6, 6.07) is 11.0. The summed E-state index contributed by atoms with van der Waals surface area (Å²) in [4.78, 5) is 23.4. The number of furan rings is 1. The van der Waals surface area contributed by atoms with E-state index in [-0.39, 0.29) is 18.1 Å². The van der Waals surface area contributed by atoms with Crippen molar-refractivity contribution in [2.45, 2.75) is 31.1 Å². The summed E-state index contributed by atoms with van der Waals surface area (Å²) in [5.74, 6) is 0.928. The average Bonchev–Trinajstić information content (AvgIpc) is 3.34. The van der Waals surface area contributed by atoms with Crippen molar-refractivity contribution in [3.05, 3.63) is 64.8 Å². The summed E-state index contributed by atoms with van der Waals surface area (Å²) in [7, 11) is 0. The summed E-state index contributed by atoms with van der Waals surface area (Å²) < 4.78 is 7.22. The number of amides is 2. The Bertz CT molecular complexity index is 974. The van der Waals surface area contributed by atoms with Gasteiger partial charge in [0, 0.05) is 24.4 Å². The predicted octanol–water partition coefficient (Wildman–Crippen LogP) is 2.40. The van der Waals surface area contributed by atoms with E-state index in [9.17, 15) is 9.59 Å². The summed E-state index contributed by atoms with van der Waals surface area (Å²) in [6.45, 7) is 0.750. The van der Waals surface area contributed by atoms with Crippen LogP contribution in [0.5, 0.6) is 0 Å². The monoisotopic (exact) mass is 433 g/mol. The lowest BCUT2D eigenvalue weighted by atomic mass is 10.2. The highest BCUT2D eigenvalue weighted by molar-refractivity contribution is 7.99. The molecule has 0 saturated carbocycles.